The molecule has 0 radical (unpaired) electrons. The van der Waals surface area contributed by atoms with Crippen LogP contribution in [0.1, 0.15) is 15.9 Å². The second-order valence-electron chi connectivity index (χ2n) is 2.86. The first kappa shape index (κ1) is 11.3. The van der Waals surface area contributed by atoms with Crippen LogP contribution in [0.4, 0.5) is 0 Å². The molecule has 0 atom stereocenters. The van der Waals surface area contributed by atoms with Gasteiger partial charge in [-0.25, -0.2) is 0 Å². The van der Waals surface area contributed by atoms with Crippen LogP contribution in [0.3, 0.4) is 0 Å². The van der Waals surface area contributed by atoms with Gasteiger partial charge in [-0.3, -0.25) is 4.79 Å². The molecule has 0 fully saturated rings. The van der Waals surface area contributed by atoms with Gasteiger partial charge in [-0.15, -0.1) is 11.6 Å². The molecule has 0 saturated carbocycles. The van der Waals surface area contributed by atoms with Crippen molar-refractivity contribution in [3.63, 3.8) is 0 Å². The summed E-state index contributed by atoms with van der Waals surface area (Å²) in [7, 11) is 1.49. The quantitative estimate of drug-likeness (QED) is 0.592. The minimum absolute atomic E-state index is 0.0581. The second kappa shape index (κ2) is 4.67. The molecule has 76 valence electrons. The molecule has 0 saturated heterocycles. The Kier molecular flexibility index (Phi) is 3.78. The molecule has 14 heavy (non-hydrogen) atoms. The summed E-state index contributed by atoms with van der Waals surface area (Å²) >= 11 is 11.4. The van der Waals surface area contributed by atoms with Crippen molar-refractivity contribution >= 4 is 29.0 Å². The normalized spacial score (nSPS) is 10.0. The second-order valence-corrected chi connectivity index (χ2v) is 3.53. The van der Waals surface area contributed by atoms with Gasteiger partial charge in [0.15, 0.2) is 5.78 Å². The summed E-state index contributed by atoms with van der Waals surface area (Å²) < 4.78 is 5.04. The van der Waals surface area contributed by atoms with Crippen molar-refractivity contribution in [2.45, 2.75) is 6.92 Å². The molecule has 0 amide bonds. The van der Waals surface area contributed by atoms with Gasteiger partial charge in [0.05, 0.1) is 18.6 Å². The van der Waals surface area contributed by atoms with Gasteiger partial charge in [-0.1, -0.05) is 11.6 Å². The highest BCUT2D eigenvalue weighted by molar-refractivity contribution is 6.33. The number of benzene rings is 1. The average molecular weight is 233 g/mol. The molecule has 2 nitrogen and oxygen atoms in total. The molecular weight excluding hydrogens is 223 g/mol. The fraction of sp³-hybridized carbons (Fsp3) is 0.300. The van der Waals surface area contributed by atoms with Crippen LogP contribution in [0.2, 0.25) is 5.02 Å². The lowest BCUT2D eigenvalue weighted by molar-refractivity contribution is 0.101. The monoisotopic (exact) mass is 232 g/mol. The molecule has 0 unspecified atom stereocenters. The number of carbonyl (C=O) groups excluding carboxylic acids is 1. The van der Waals surface area contributed by atoms with Gasteiger partial charge in [0, 0.05) is 5.02 Å². The maximum Gasteiger partial charge on any atom is 0.181 e. The molecule has 0 aliphatic heterocycles. The molecule has 0 aromatic heterocycles. The Morgan fingerprint density at radius 3 is 2.64 bits per heavy atom. The van der Waals surface area contributed by atoms with Crippen LogP contribution < -0.4 is 4.74 Å². The molecule has 0 spiro atoms. The Labute approximate surface area is 92.8 Å². The zero-order chi connectivity index (χ0) is 10.7. The van der Waals surface area contributed by atoms with Crippen molar-refractivity contribution in [2.24, 2.45) is 0 Å². The highest BCUT2D eigenvalue weighted by Crippen LogP contribution is 2.27. The predicted octanol–water partition coefficient (Wildman–Crippen LogP) is 3.08. The van der Waals surface area contributed by atoms with E-state index in [1.54, 1.807) is 12.1 Å². The van der Waals surface area contributed by atoms with Gasteiger partial charge in [0.1, 0.15) is 5.75 Å². The molecule has 0 heterocycles. The minimum atomic E-state index is -0.164. The van der Waals surface area contributed by atoms with E-state index in [9.17, 15) is 4.79 Å². The Hall–Kier alpha value is -0.730. The number of Topliss-reactive ketones (excluding diaryl/α,β-unsaturated/α-hetero) is 1. The number of carbonyl (C=O) groups is 1. The van der Waals surface area contributed by atoms with E-state index in [0.717, 1.165) is 5.56 Å². The lowest BCUT2D eigenvalue weighted by atomic mass is 10.1. The topological polar surface area (TPSA) is 26.3 Å². The summed E-state index contributed by atoms with van der Waals surface area (Å²) in [5.41, 5.74) is 1.31. The summed E-state index contributed by atoms with van der Waals surface area (Å²) in [6.07, 6.45) is 0. The van der Waals surface area contributed by atoms with Crippen molar-refractivity contribution in [2.75, 3.05) is 13.0 Å². The van der Waals surface area contributed by atoms with Gasteiger partial charge >= 0.3 is 0 Å². The number of methoxy groups -OCH3 is 1. The molecule has 0 bridgehead atoms. The molecular formula is C10H10Cl2O2. The SMILES string of the molecule is COc1cc(Cl)c(C)cc1C(=O)CCl. The van der Waals surface area contributed by atoms with Crippen LogP contribution in [0.5, 0.6) is 5.75 Å². The summed E-state index contributed by atoms with van der Waals surface area (Å²) in [6.45, 7) is 1.83. The third-order valence-electron chi connectivity index (χ3n) is 1.90. The summed E-state index contributed by atoms with van der Waals surface area (Å²) in [5, 5.41) is 0.577. The fourth-order valence-corrected chi connectivity index (χ4v) is 1.42. The largest absolute Gasteiger partial charge is 0.496 e. The van der Waals surface area contributed by atoms with Crippen LogP contribution in [0.15, 0.2) is 12.1 Å². The first-order valence-corrected chi connectivity index (χ1v) is 4.94. The number of ether oxygens (including phenoxy) is 1. The van der Waals surface area contributed by atoms with E-state index in [-0.39, 0.29) is 11.7 Å². The number of hydrogen-bond acceptors (Lipinski definition) is 2. The summed E-state index contributed by atoms with van der Waals surface area (Å²) in [6, 6.07) is 3.31. The van der Waals surface area contributed by atoms with Crippen molar-refractivity contribution in [1.29, 1.82) is 0 Å². The zero-order valence-corrected chi connectivity index (χ0v) is 9.45. The van der Waals surface area contributed by atoms with Crippen LogP contribution >= 0.6 is 23.2 Å². The Bertz CT molecular complexity index is 361. The molecule has 4 heteroatoms. The Morgan fingerprint density at radius 2 is 2.14 bits per heavy atom. The molecule has 1 rings (SSSR count). The number of alkyl halides is 1. The third kappa shape index (κ3) is 2.20. The third-order valence-corrected chi connectivity index (χ3v) is 2.55. The molecule has 0 aliphatic carbocycles. The van der Waals surface area contributed by atoms with Crippen LogP contribution in [-0.4, -0.2) is 18.8 Å². The maximum atomic E-state index is 11.4. The summed E-state index contributed by atoms with van der Waals surface area (Å²) in [4.78, 5) is 11.4. The van der Waals surface area contributed by atoms with E-state index in [2.05, 4.69) is 0 Å². The van der Waals surface area contributed by atoms with Crippen molar-refractivity contribution in [1.82, 2.24) is 0 Å². The molecule has 1 aromatic rings. The average Bonchev–Trinajstić information content (AvgIpc) is 2.20. The van der Waals surface area contributed by atoms with E-state index >= 15 is 0 Å². The van der Waals surface area contributed by atoms with E-state index in [0.29, 0.717) is 16.3 Å². The highest BCUT2D eigenvalue weighted by atomic mass is 35.5. The minimum Gasteiger partial charge on any atom is -0.496 e. The number of hydrogen-bond donors (Lipinski definition) is 0. The Morgan fingerprint density at radius 1 is 1.50 bits per heavy atom. The lowest BCUT2D eigenvalue weighted by Crippen LogP contribution is -2.04. The predicted molar refractivity (Wildman–Crippen MR) is 57.8 cm³/mol. The van der Waals surface area contributed by atoms with Crippen molar-refractivity contribution in [3.8, 4) is 5.75 Å². The van der Waals surface area contributed by atoms with Crippen LogP contribution in [-0.2, 0) is 0 Å². The van der Waals surface area contributed by atoms with Gasteiger partial charge in [-0.05, 0) is 24.6 Å². The number of aryl methyl sites for hydroxylation is 1. The van der Waals surface area contributed by atoms with Crippen LogP contribution in [0, 0.1) is 6.92 Å². The first-order chi connectivity index (χ1) is 6.60. The van der Waals surface area contributed by atoms with Crippen molar-refractivity contribution < 1.29 is 9.53 Å². The number of ketones is 1. The molecule has 0 aliphatic rings. The van der Waals surface area contributed by atoms with Gasteiger partial charge in [0.2, 0.25) is 0 Å². The van der Waals surface area contributed by atoms with Gasteiger partial charge in [-0.2, -0.15) is 0 Å². The van der Waals surface area contributed by atoms with Gasteiger partial charge in [0.25, 0.3) is 0 Å². The van der Waals surface area contributed by atoms with Crippen molar-refractivity contribution in [3.05, 3.63) is 28.3 Å². The number of rotatable bonds is 3. The van der Waals surface area contributed by atoms with E-state index in [1.807, 2.05) is 6.92 Å². The lowest BCUT2D eigenvalue weighted by Gasteiger charge is -2.08. The maximum absolute atomic E-state index is 11.4. The summed E-state index contributed by atoms with van der Waals surface area (Å²) in [5.74, 6) is 0.242. The fourth-order valence-electron chi connectivity index (χ4n) is 1.12. The standard InChI is InChI=1S/C10H10Cl2O2/c1-6-3-7(9(13)5-11)10(14-2)4-8(6)12/h3-4H,5H2,1-2H3. The molecule has 1 aromatic carbocycles. The number of halogens is 2. The highest BCUT2D eigenvalue weighted by Gasteiger charge is 2.13. The van der Waals surface area contributed by atoms with E-state index in [4.69, 9.17) is 27.9 Å². The molecule has 0 N–H and O–H groups in total. The first-order valence-electron chi connectivity index (χ1n) is 4.03. The van der Waals surface area contributed by atoms with E-state index in [1.165, 1.54) is 7.11 Å². The van der Waals surface area contributed by atoms with Crippen LogP contribution in [0.25, 0.3) is 0 Å². The smallest absolute Gasteiger partial charge is 0.181 e. The van der Waals surface area contributed by atoms with E-state index < -0.39 is 0 Å². The Balaban J connectivity index is 3.27. The van der Waals surface area contributed by atoms with Gasteiger partial charge < -0.3 is 4.74 Å². The zero-order valence-electron chi connectivity index (χ0n) is 7.93.